The summed E-state index contributed by atoms with van der Waals surface area (Å²) in [5, 5.41) is 6.83. The van der Waals surface area contributed by atoms with E-state index in [0.717, 1.165) is 49.3 Å². The Morgan fingerprint density at radius 3 is 1.84 bits per heavy atom. The summed E-state index contributed by atoms with van der Waals surface area (Å²) < 4.78 is 46.1. The Bertz CT molecular complexity index is 2580. The zero-order chi connectivity index (χ0) is 30.0. The van der Waals surface area contributed by atoms with Gasteiger partial charge in [-0.15, -0.1) is 0 Å². The van der Waals surface area contributed by atoms with Gasteiger partial charge >= 0.3 is 6.18 Å². The molecule has 6 aromatic carbocycles. The van der Waals surface area contributed by atoms with Crippen molar-refractivity contribution in [2.75, 3.05) is 0 Å². The average molecular weight is 581 g/mol. The Balaban J connectivity index is 1.37. The maximum atomic E-state index is 13.8. The van der Waals surface area contributed by atoms with E-state index in [1.807, 2.05) is 24.3 Å². The molecule has 3 heterocycles. The first-order chi connectivity index (χ1) is 21.2. The second-order valence-corrected chi connectivity index (χ2v) is 12.7. The molecule has 0 radical (unpaired) electrons. The number of nitrogens with zero attached hydrogens (tertiary/aromatic N) is 2. The zero-order valence-corrected chi connectivity index (χ0v) is 24.2. The lowest BCUT2D eigenvalue weighted by molar-refractivity contribution is -0.211. The molecule has 44 heavy (non-hydrogen) atoms. The van der Waals surface area contributed by atoms with Gasteiger partial charge in [-0.3, -0.25) is 0 Å². The van der Waals surface area contributed by atoms with E-state index < -0.39 is 11.6 Å². The van der Waals surface area contributed by atoms with Crippen molar-refractivity contribution in [3.05, 3.63) is 121 Å². The minimum absolute atomic E-state index is 0.0805. The summed E-state index contributed by atoms with van der Waals surface area (Å²) in [4.78, 5) is 0. The van der Waals surface area contributed by atoms with E-state index in [2.05, 4.69) is 99.8 Å². The summed E-state index contributed by atoms with van der Waals surface area (Å²) in [6, 6.07) is 40.2. The van der Waals surface area contributed by atoms with E-state index >= 15 is 0 Å². The fraction of sp³-hybridized carbons (Fsp3) is 0.128. The van der Waals surface area contributed by atoms with Gasteiger partial charge in [-0.2, -0.15) is 13.2 Å². The van der Waals surface area contributed by atoms with Gasteiger partial charge in [-0.05, 0) is 70.3 Å². The summed E-state index contributed by atoms with van der Waals surface area (Å²) in [7, 11) is 0. The third-order valence-electron chi connectivity index (χ3n) is 9.56. The molecule has 0 aliphatic rings. The highest BCUT2D eigenvalue weighted by molar-refractivity contribution is 6.23. The van der Waals surface area contributed by atoms with Crippen LogP contribution in [0.25, 0.3) is 76.5 Å². The van der Waals surface area contributed by atoms with Gasteiger partial charge in [0.05, 0.1) is 38.5 Å². The summed E-state index contributed by atoms with van der Waals surface area (Å²) >= 11 is 0. The number of fused-ring (bicyclic) bond motifs is 9. The molecule has 0 bridgehead atoms. The molecule has 214 valence electrons. The van der Waals surface area contributed by atoms with Crippen LogP contribution >= 0.6 is 0 Å². The predicted octanol–water partition coefficient (Wildman–Crippen LogP) is 11.2. The molecule has 0 saturated carbocycles. The maximum Gasteiger partial charge on any atom is 0.394 e. The molecule has 9 rings (SSSR count). The molecule has 5 heteroatoms. The molecule has 0 spiro atoms. The predicted molar refractivity (Wildman–Crippen MR) is 176 cm³/mol. The van der Waals surface area contributed by atoms with Crippen molar-refractivity contribution in [1.82, 2.24) is 8.80 Å². The number of benzene rings is 6. The molecule has 3 aromatic heterocycles. The van der Waals surface area contributed by atoms with Crippen LogP contribution < -0.4 is 0 Å². The van der Waals surface area contributed by atoms with E-state index in [9.17, 15) is 13.2 Å². The maximum absolute atomic E-state index is 13.8. The molecule has 0 atom stereocenters. The van der Waals surface area contributed by atoms with Gasteiger partial charge in [0.1, 0.15) is 0 Å². The smallest absolute Gasteiger partial charge is 0.305 e. The lowest BCUT2D eigenvalue weighted by Gasteiger charge is -2.27. The van der Waals surface area contributed by atoms with Gasteiger partial charge in [0, 0.05) is 21.5 Å². The molecular formula is C39H27F3N2. The van der Waals surface area contributed by atoms with Crippen molar-refractivity contribution < 1.29 is 13.2 Å². The van der Waals surface area contributed by atoms with Gasteiger partial charge < -0.3 is 8.80 Å². The van der Waals surface area contributed by atoms with E-state index in [1.54, 1.807) is 0 Å². The monoisotopic (exact) mass is 580 g/mol. The molecule has 9 aromatic rings. The lowest BCUT2D eigenvalue weighted by Crippen LogP contribution is -2.34. The first-order valence-electron chi connectivity index (χ1n) is 14.9. The van der Waals surface area contributed by atoms with Crippen LogP contribution in [0.5, 0.6) is 0 Å². The van der Waals surface area contributed by atoms with Crippen LogP contribution in [0.3, 0.4) is 0 Å². The minimum Gasteiger partial charge on any atom is -0.305 e. The van der Waals surface area contributed by atoms with Crippen molar-refractivity contribution in [2.45, 2.75) is 26.4 Å². The van der Waals surface area contributed by atoms with E-state index in [0.29, 0.717) is 5.56 Å². The fourth-order valence-corrected chi connectivity index (χ4v) is 7.28. The van der Waals surface area contributed by atoms with Crippen LogP contribution in [0.15, 0.2) is 115 Å². The third kappa shape index (κ3) is 3.38. The van der Waals surface area contributed by atoms with Crippen molar-refractivity contribution in [3.8, 4) is 11.1 Å². The number of halogens is 3. The Morgan fingerprint density at radius 1 is 0.500 bits per heavy atom. The summed E-state index contributed by atoms with van der Waals surface area (Å²) in [5.74, 6) is 0. The largest absolute Gasteiger partial charge is 0.394 e. The van der Waals surface area contributed by atoms with Gasteiger partial charge in [-0.1, -0.05) is 92.7 Å². The topological polar surface area (TPSA) is 8.82 Å². The van der Waals surface area contributed by atoms with Crippen LogP contribution in [0.1, 0.15) is 19.4 Å². The van der Waals surface area contributed by atoms with E-state index in [1.165, 1.54) is 41.1 Å². The molecule has 0 saturated heterocycles. The van der Waals surface area contributed by atoms with Gasteiger partial charge in [0.15, 0.2) is 0 Å². The van der Waals surface area contributed by atoms with Crippen molar-refractivity contribution in [1.29, 1.82) is 0 Å². The SMILES string of the molecule is CC(C)(Cc1ccc2c3cccc4c3n(c2c1)c1cccc2c3cc5cc(-c6ccccc6)ccc5cc3n4c21)C(F)(F)F. The second kappa shape index (κ2) is 8.54. The first-order valence-corrected chi connectivity index (χ1v) is 14.9. The molecule has 0 unspecified atom stereocenters. The van der Waals surface area contributed by atoms with Crippen molar-refractivity contribution in [2.24, 2.45) is 5.41 Å². The molecule has 0 aliphatic carbocycles. The van der Waals surface area contributed by atoms with Gasteiger partial charge in [-0.25, -0.2) is 0 Å². The van der Waals surface area contributed by atoms with E-state index in [-0.39, 0.29) is 6.42 Å². The lowest BCUT2D eigenvalue weighted by atomic mass is 9.85. The normalized spacial score (nSPS) is 13.2. The minimum atomic E-state index is -4.29. The summed E-state index contributed by atoms with van der Waals surface area (Å²) in [6.45, 7) is 2.56. The molecule has 0 N–H and O–H groups in total. The third-order valence-corrected chi connectivity index (χ3v) is 9.56. The Kier molecular flexibility index (Phi) is 4.94. The molecule has 0 amide bonds. The van der Waals surface area contributed by atoms with Gasteiger partial charge in [0.25, 0.3) is 0 Å². The van der Waals surface area contributed by atoms with Crippen LogP contribution in [-0.2, 0) is 6.42 Å². The zero-order valence-electron chi connectivity index (χ0n) is 24.2. The summed E-state index contributed by atoms with van der Waals surface area (Å²) in [6.07, 6.45) is -4.37. The van der Waals surface area contributed by atoms with Crippen LogP contribution in [0.2, 0.25) is 0 Å². The second-order valence-electron chi connectivity index (χ2n) is 12.7. The van der Waals surface area contributed by atoms with E-state index in [4.69, 9.17) is 0 Å². The standard InChI is InChI=1S/C39H27F3N2/c1-38(2,39(40,41)42)22-23-14-17-28-29-10-6-12-32-36(29)43(34(28)18-23)33-13-7-11-30-31-20-27-19-25(24-8-4-3-5-9-24)15-16-26(27)21-35(31)44(32)37(30)33/h3-21H,22H2,1-2H3. The molecule has 2 nitrogen and oxygen atoms in total. The molecule has 0 fully saturated rings. The highest BCUT2D eigenvalue weighted by Gasteiger charge is 2.47. The number of hydrogen-bond donors (Lipinski definition) is 0. The summed E-state index contributed by atoms with van der Waals surface area (Å²) in [5.41, 5.74) is 7.61. The van der Waals surface area contributed by atoms with Crippen LogP contribution in [-0.4, -0.2) is 15.0 Å². The Morgan fingerprint density at radius 2 is 1.16 bits per heavy atom. The Hall–Kier alpha value is -5.03. The number of para-hydroxylation sites is 2. The highest BCUT2D eigenvalue weighted by atomic mass is 19.4. The number of alkyl halides is 3. The van der Waals surface area contributed by atoms with Crippen LogP contribution in [0.4, 0.5) is 13.2 Å². The fourth-order valence-electron chi connectivity index (χ4n) is 7.28. The van der Waals surface area contributed by atoms with Crippen molar-refractivity contribution in [3.63, 3.8) is 0 Å². The van der Waals surface area contributed by atoms with Crippen LogP contribution in [0, 0.1) is 5.41 Å². The van der Waals surface area contributed by atoms with Gasteiger partial charge in [0.2, 0.25) is 0 Å². The number of hydrogen-bond acceptors (Lipinski definition) is 0. The molecule has 0 aliphatic heterocycles. The highest BCUT2D eigenvalue weighted by Crippen LogP contribution is 2.44. The Labute approximate surface area is 250 Å². The first kappa shape index (κ1) is 25.5. The average Bonchev–Trinajstić information content (AvgIpc) is 3.52. The quantitative estimate of drug-likeness (QED) is 0.184. The molecular weight excluding hydrogens is 553 g/mol. The number of aromatic nitrogens is 2. The number of rotatable bonds is 3. The van der Waals surface area contributed by atoms with Crippen molar-refractivity contribution >= 4 is 65.4 Å².